The minimum Gasteiger partial charge on any atom is -0.496 e. The summed E-state index contributed by atoms with van der Waals surface area (Å²) in [5.74, 6) is 1.43. The van der Waals surface area contributed by atoms with Gasteiger partial charge >= 0.3 is 0 Å². The van der Waals surface area contributed by atoms with Crippen molar-refractivity contribution in [2.24, 2.45) is 11.3 Å². The topological polar surface area (TPSA) is 26.3 Å². The van der Waals surface area contributed by atoms with Crippen LogP contribution in [0, 0.1) is 18.3 Å². The molecule has 2 heteroatoms. The third-order valence-electron chi connectivity index (χ3n) is 4.64. The number of hydrogen-bond donors (Lipinski definition) is 0. The van der Waals surface area contributed by atoms with Crippen molar-refractivity contribution in [2.45, 2.75) is 34.1 Å². The zero-order chi connectivity index (χ0) is 15.4. The molecule has 110 valence electrons. The lowest BCUT2D eigenvalue weighted by Gasteiger charge is -2.30. The van der Waals surface area contributed by atoms with E-state index in [-0.39, 0.29) is 11.3 Å². The van der Waals surface area contributed by atoms with Crippen LogP contribution in [0.4, 0.5) is 0 Å². The minimum atomic E-state index is -0.164. The number of benzene rings is 1. The Bertz CT molecular complexity index is 692. The Morgan fingerprint density at radius 2 is 2.00 bits per heavy atom. The standard InChI is InChI=1S/C19H22O2/c1-11(2)17-15(20)10-19(4)7-6-13-14(18(17)19)8-12(3)9-16(13)21-5/h6-9,11H,10H2,1-5H3/t19-/m1/s1. The molecule has 0 fully saturated rings. The molecular weight excluding hydrogens is 260 g/mol. The van der Waals surface area contributed by atoms with E-state index in [2.05, 4.69) is 52.0 Å². The van der Waals surface area contributed by atoms with Crippen LogP contribution in [-0.2, 0) is 4.79 Å². The first kappa shape index (κ1) is 14.1. The maximum absolute atomic E-state index is 12.5. The summed E-state index contributed by atoms with van der Waals surface area (Å²) in [6.45, 7) is 8.46. The first-order valence-corrected chi connectivity index (χ1v) is 7.53. The van der Waals surface area contributed by atoms with Gasteiger partial charge in [-0.15, -0.1) is 0 Å². The molecule has 0 aromatic heterocycles. The molecule has 0 N–H and O–H groups in total. The number of carbonyl (C=O) groups excluding carboxylic acids is 1. The van der Waals surface area contributed by atoms with Crippen LogP contribution >= 0.6 is 0 Å². The van der Waals surface area contributed by atoms with Gasteiger partial charge in [0.05, 0.1) is 7.11 Å². The number of rotatable bonds is 2. The average molecular weight is 282 g/mol. The fraction of sp³-hybridized carbons (Fsp3) is 0.421. The fourth-order valence-corrected chi connectivity index (χ4v) is 3.75. The molecule has 3 rings (SSSR count). The van der Waals surface area contributed by atoms with Crippen molar-refractivity contribution < 1.29 is 9.53 Å². The molecule has 0 amide bonds. The van der Waals surface area contributed by atoms with E-state index in [0.29, 0.717) is 12.2 Å². The summed E-state index contributed by atoms with van der Waals surface area (Å²) < 4.78 is 5.54. The monoisotopic (exact) mass is 282 g/mol. The molecule has 0 saturated carbocycles. The van der Waals surface area contributed by atoms with E-state index in [1.54, 1.807) is 7.11 Å². The highest BCUT2D eigenvalue weighted by atomic mass is 16.5. The van der Waals surface area contributed by atoms with Gasteiger partial charge in [-0.1, -0.05) is 39.0 Å². The Morgan fingerprint density at radius 3 is 2.62 bits per heavy atom. The number of ether oxygens (including phenoxy) is 1. The fourth-order valence-electron chi connectivity index (χ4n) is 3.75. The van der Waals surface area contributed by atoms with Crippen molar-refractivity contribution in [3.63, 3.8) is 0 Å². The van der Waals surface area contributed by atoms with Crippen LogP contribution in [0.2, 0.25) is 0 Å². The quantitative estimate of drug-likeness (QED) is 0.802. The molecule has 1 aromatic rings. The second kappa shape index (κ2) is 4.59. The highest BCUT2D eigenvalue weighted by Gasteiger charge is 2.44. The predicted molar refractivity (Wildman–Crippen MR) is 86.3 cm³/mol. The van der Waals surface area contributed by atoms with E-state index in [1.807, 2.05) is 0 Å². The first-order chi connectivity index (χ1) is 9.87. The number of carbonyl (C=O) groups is 1. The molecule has 0 bridgehead atoms. The van der Waals surface area contributed by atoms with Gasteiger partial charge in [0.2, 0.25) is 0 Å². The van der Waals surface area contributed by atoms with Crippen LogP contribution in [0.1, 0.15) is 43.9 Å². The molecule has 2 aliphatic rings. The number of allylic oxidation sites excluding steroid dienone is 3. The van der Waals surface area contributed by atoms with E-state index in [4.69, 9.17) is 4.74 Å². The van der Waals surface area contributed by atoms with E-state index < -0.39 is 0 Å². The average Bonchev–Trinajstić information content (AvgIpc) is 2.68. The molecule has 1 atom stereocenters. The molecular formula is C19H22O2. The van der Waals surface area contributed by atoms with Gasteiger partial charge in [-0.05, 0) is 35.6 Å². The maximum atomic E-state index is 12.5. The second-order valence-corrected chi connectivity index (χ2v) is 6.72. The van der Waals surface area contributed by atoms with Crippen LogP contribution in [0.25, 0.3) is 11.6 Å². The second-order valence-electron chi connectivity index (χ2n) is 6.72. The Kier molecular flexibility index (Phi) is 3.09. The van der Waals surface area contributed by atoms with E-state index in [9.17, 15) is 4.79 Å². The number of hydrogen-bond acceptors (Lipinski definition) is 2. The smallest absolute Gasteiger partial charge is 0.160 e. The lowest BCUT2D eigenvalue weighted by molar-refractivity contribution is -0.116. The number of ketones is 1. The summed E-state index contributed by atoms with van der Waals surface area (Å²) in [5, 5.41) is 0. The summed E-state index contributed by atoms with van der Waals surface area (Å²) in [4.78, 5) is 12.5. The van der Waals surface area contributed by atoms with E-state index >= 15 is 0 Å². The molecule has 0 radical (unpaired) electrons. The van der Waals surface area contributed by atoms with Gasteiger partial charge in [-0.2, -0.15) is 0 Å². The first-order valence-electron chi connectivity index (χ1n) is 7.53. The SMILES string of the molecule is COc1cc(C)cc2c1C=C[C@]1(C)CC(=O)C(C(C)C)=C21. The van der Waals surface area contributed by atoms with Gasteiger partial charge in [0.1, 0.15) is 5.75 Å². The molecule has 0 spiro atoms. The zero-order valence-corrected chi connectivity index (χ0v) is 13.4. The van der Waals surface area contributed by atoms with Crippen molar-refractivity contribution in [3.05, 3.63) is 40.5 Å². The van der Waals surface area contributed by atoms with Gasteiger partial charge in [-0.3, -0.25) is 4.79 Å². The molecule has 2 nitrogen and oxygen atoms in total. The Morgan fingerprint density at radius 1 is 1.29 bits per heavy atom. The molecule has 0 aliphatic heterocycles. The maximum Gasteiger partial charge on any atom is 0.160 e. The Hall–Kier alpha value is -1.83. The number of methoxy groups -OCH3 is 1. The van der Waals surface area contributed by atoms with Crippen LogP contribution in [0.15, 0.2) is 23.8 Å². The molecule has 0 saturated heterocycles. The lowest BCUT2D eigenvalue weighted by Crippen LogP contribution is -2.17. The van der Waals surface area contributed by atoms with Gasteiger partial charge < -0.3 is 4.74 Å². The summed E-state index contributed by atoms with van der Waals surface area (Å²) >= 11 is 0. The van der Waals surface area contributed by atoms with Crippen molar-refractivity contribution in [1.29, 1.82) is 0 Å². The lowest BCUT2D eigenvalue weighted by atomic mass is 9.73. The number of Topliss-reactive ketones (excluding diaryl/α,β-unsaturated/α-hetero) is 1. The zero-order valence-electron chi connectivity index (χ0n) is 13.4. The number of fused-ring (bicyclic) bond motifs is 3. The van der Waals surface area contributed by atoms with E-state index in [1.165, 1.54) is 16.7 Å². The predicted octanol–water partition coefficient (Wildman–Crippen LogP) is 4.42. The third-order valence-corrected chi connectivity index (χ3v) is 4.64. The van der Waals surface area contributed by atoms with Crippen LogP contribution in [0.5, 0.6) is 5.75 Å². The van der Waals surface area contributed by atoms with Gasteiger partial charge in [0.25, 0.3) is 0 Å². The minimum absolute atomic E-state index is 0.164. The molecule has 0 unspecified atom stereocenters. The number of aryl methyl sites for hydroxylation is 1. The van der Waals surface area contributed by atoms with Crippen molar-refractivity contribution >= 4 is 17.4 Å². The van der Waals surface area contributed by atoms with Gasteiger partial charge in [0, 0.05) is 23.0 Å². The highest BCUT2D eigenvalue weighted by Crippen LogP contribution is 2.54. The molecule has 2 aliphatic carbocycles. The van der Waals surface area contributed by atoms with Crippen LogP contribution in [-0.4, -0.2) is 12.9 Å². The van der Waals surface area contributed by atoms with Gasteiger partial charge in [-0.25, -0.2) is 0 Å². The highest BCUT2D eigenvalue weighted by molar-refractivity contribution is 6.11. The van der Waals surface area contributed by atoms with E-state index in [0.717, 1.165) is 16.9 Å². The summed E-state index contributed by atoms with van der Waals surface area (Å²) in [6.07, 6.45) is 4.88. The Labute approximate surface area is 126 Å². The molecule has 21 heavy (non-hydrogen) atoms. The van der Waals surface area contributed by atoms with Crippen LogP contribution < -0.4 is 4.74 Å². The molecule has 0 heterocycles. The Balaban J connectivity index is 2.37. The van der Waals surface area contributed by atoms with Crippen molar-refractivity contribution in [2.75, 3.05) is 7.11 Å². The largest absolute Gasteiger partial charge is 0.496 e. The summed E-state index contributed by atoms with van der Waals surface area (Å²) in [6, 6.07) is 4.24. The summed E-state index contributed by atoms with van der Waals surface area (Å²) in [7, 11) is 1.70. The van der Waals surface area contributed by atoms with Gasteiger partial charge in [0.15, 0.2) is 5.78 Å². The van der Waals surface area contributed by atoms with Crippen LogP contribution in [0.3, 0.4) is 0 Å². The molecule has 1 aromatic carbocycles. The third kappa shape index (κ3) is 1.97. The normalized spacial score (nSPS) is 23.6. The van der Waals surface area contributed by atoms with Crippen molar-refractivity contribution in [3.8, 4) is 5.75 Å². The summed E-state index contributed by atoms with van der Waals surface area (Å²) in [5.41, 5.74) is 5.48. The van der Waals surface area contributed by atoms with Crippen molar-refractivity contribution in [1.82, 2.24) is 0 Å².